The Morgan fingerprint density at radius 3 is 2.67 bits per heavy atom. The van der Waals surface area contributed by atoms with Crippen molar-refractivity contribution in [3.05, 3.63) is 64.3 Å². The fourth-order valence-electron chi connectivity index (χ4n) is 2.68. The van der Waals surface area contributed by atoms with E-state index < -0.39 is 5.97 Å². The number of hydrogen-bond acceptors (Lipinski definition) is 6. The fraction of sp³-hybridized carbons (Fsp3) is 0.238. The molecule has 0 unspecified atom stereocenters. The number of carbonyl (C=O) groups is 1. The first-order valence-corrected chi connectivity index (χ1v) is 8.60. The van der Waals surface area contributed by atoms with E-state index in [0.29, 0.717) is 53.4 Å². The number of benzene rings is 2. The monoisotopic (exact) mass is 368 g/mol. The lowest BCUT2D eigenvalue weighted by atomic mass is 10.1. The second kappa shape index (κ2) is 8.51. The van der Waals surface area contributed by atoms with Crippen molar-refractivity contribution >= 4 is 16.9 Å². The number of rotatable bonds is 7. The van der Waals surface area contributed by atoms with E-state index in [1.54, 1.807) is 12.1 Å². The minimum absolute atomic E-state index is 0.249. The number of para-hydroxylation sites is 1. The van der Waals surface area contributed by atoms with Crippen LogP contribution in [0, 0.1) is 0 Å². The standard InChI is InChI=1S/C21H20O6/c1-3-25-10-11-26-18-7-5-4-6-15(18)20-13-17(22)16-12-14(21(23)24-2)8-9-19(16)27-20/h4-9,12-13H,3,10-11H2,1-2H3. The Morgan fingerprint density at radius 1 is 1.07 bits per heavy atom. The second-order valence-electron chi connectivity index (χ2n) is 5.72. The van der Waals surface area contributed by atoms with Crippen LogP contribution in [0.15, 0.2) is 57.7 Å². The van der Waals surface area contributed by atoms with Gasteiger partial charge in [-0.25, -0.2) is 4.79 Å². The largest absolute Gasteiger partial charge is 0.490 e. The molecule has 27 heavy (non-hydrogen) atoms. The van der Waals surface area contributed by atoms with E-state index in [-0.39, 0.29) is 5.43 Å². The van der Waals surface area contributed by atoms with E-state index in [1.165, 1.54) is 19.2 Å². The van der Waals surface area contributed by atoms with Gasteiger partial charge < -0.3 is 18.6 Å². The average Bonchev–Trinajstić information content (AvgIpc) is 2.70. The van der Waals surface area contributed by atoms with E-state index >= 15 is 0 Å². The molecule has 140 valence electrons. The van der Waals surface area contributed by atoms with Crippen LogP contribution in [0.5, 0.6) is 5.75 Å². The molecule has 0 atom stereocenters. The summed E-state index contributed by atoms with van der Waals surface area (Å²) in [4.78, 5) is 24.2. The zero-order chi connectivity index (χ0) is 19.2. The summed E-state index contributed by atoms with van der Waals surface area (Å²) in [6.07, 6.45) is 0. The molecule has 1 aromatic heterocycles. The van der Waals surface area contributed by atoms with Crippen LogP contribution in [-0.4, -0.2) is 32.9 Å². The Labute approximate surface area is 156 Å². The van der Waals surface area contributed by atoms with E-state index in [0.717, 1.165) is 0 Å². The Kier molecular flexibility index (Phi) is 5.88. The number of carbonyl (C=O) groups excluding carboxylic acids is 1. The molecular formula is C21H20O6. The molecule has 0 spiro atoms. The van der Waals surface area contributed by atoms with Crippen molar-refractivity contribution in [2.75, 3.05) is 26.9 Å². The predicted octanol–water partition coefficient (Wildman–Crippen LogP) is 3.66. The molecule has 1 heterocycles. The van der Waals surface area contributed by atoms with Crippen LogP contribution in [-0.2, 0) is 9.47 Å². The lowest BCUT2D eigenvalue weighted by Crippen LogP contribution is -2.07. The van der Waals surface area contributed by atoms with Crippen LogP contribution < -0.4 is 10.2 Å². The molecule has 0 fully saturated rings. The van der Waals surface area contributed by atoms with Gasteiger partial charge in [0, 0.05) is 12.7 Å². The van der Waals surface area contributed by atoms with E-state index in [1.807, 2.05) is 31.2 Å². The summed E-state index contributed by atoms with van der Waals surface area (Å²) in [5.41, 5.74) is 1.10. The molecule has 0 saturated heterocycles. The average molecular weight is 368 g/mol. The summed E-state index contributed by atoms with van der Waals surface area (Å²) >= 11 is 0. The quantitative estimate of drug-likeness (QED) is 0.468. The molecular weight excluding hydrogens is 348 g/mol. The summed E-state index contributed by atoms with van der Waals surface area (Å²) in [5.74, 6) is 0.490. The molecule has 3 rings (SSSR count). The Balaban J connectivity index is 1.98. The van der Waals surface area contributed by atoms with Gasteiger partial charge in [-0.15, -0.1) is 0 Å². The molecule has 0 aliphatic heterocycles. The highest BCUT2D eigenvalue weighted by molar-refractivity contribution is 5.94. The zero-order valence-electron chi connectivity index (χ0n) is 15.2. The Hall–Kier alpha value is -3.12. The molecule has 6 heteroatoms. The van der Waals surface area contributed by atoms with Gasteiger partial charge in [-0.1, -0.05) is 12.1 Å². The van der Waals surface area contributed by atoms with Gasteiger partial charge in [0.25, 0.3) is 0 Å². The second-order valence-corrected chi connectivity index (χ2v) is 5.72. The van der Waals surface area contributed by atoms with Gasteiger partial charge in [-0.3, -0.25) is 4.79 Å². The molecule has 3 aromatic rings. The van der Waals surface area contributed by atoms with Crippen molar-refractivity contribution in [2.45, 2.75) is 6.92 Å². The number of hydrogen-bond donors (Lipinski definition) is 0. The minimum Gasteiger partial charge on any atom is -0.490 e. The number of methoxy groups -OCH3 is 1. The van der Waals surface area contributed by atoms with Gasteiger partial charge in [0.2, 0.25) is 0 Å². The first-order valence-electron chi connectivity index (χ1n) is 8.60. The highest BCUT2D eigenvalue weighted by Gasteiger charge is 2.14. The fourth-order valence-corrected chi connectivity index (χ4v) is 2.68. The van der Waals surface area contributed by atoms with Crippen molar-refractivity contribution in [3.63, 3.8) is 0 Å². The molecule has 0 saturated carbocycles. The first-order chi connectivity index (χ1) is 13.1. The van der Waals surface area contributed by atoms with E-state index in [4.69, 9.17) is 18.6 Å². The van der Waals surface area contributed by atoms with Gasteiger partial charge >= 0.3 is 5.97 Å². The summed E-state index contributed by atoms with van der Waals surface area (Å²) in [6, 6.07) is 13.3. The van der Waals surface area contributed by atoms with Gasteiger partial charge in [0.05, 0.1) is 30.2 Å². The summed E-state index contributed by atoms with van der Waals surface area (Å²) in [6.45, 7) is 3.41. The van der Waals surface area contributed by atoms with Gasteiger partial charge in [-0.05, 0) is 37.3 Å². The Morgan fingerprint density at radius 2 is 1.89 bits per heavy atom. The molecule has 0 aliphatic rings. The normalized spacial score (nSPS) is 10.7. The third kappa shape index (κ3) is 4.17. The molecule has 2 aromatic carbocycles. The van der Waals surface area contributed by atoms with Gasteiger partial charge in [-0.2, -0.15) is 0 Å². The van der Waals surface area contributed by atoms with Crippen molar-refractivity contribution in [3.8, 4) is 17.1 Å². The summed E-state index contributed by atoms with van der Waals surface area (Å²) in [5, 5.41) is 0.316. The molecule has 0 bridgehead atoms. The van der Waals surface area contributed by atoms with E-state index in [9.17, 15) is 9.59 Å². The third-order valence-electron chi connectivity index (χ3n) is 3.99. The molecule has 0 N–H and O–H groups in total. The topological polar surface area (TPSA) is 75.0 Å². The maximum atomic E-state index is 12.6. The van der Waals surface area contributed by atoms with Crippen molar-refractivity contribution in [2.24, 2.45) is 0 Å². The molecule has 0 aliphatic carbocycles. The van der Waals surface area contributed by atoms with Crippen LogP contribution in [0.3, 0.4) is 0 Å². The minimum atomic E-state index is -0.506. The number of ether oxygens (including phenoxy) is 3. The van der Waals surface area contributed by atoms with Crippen molar-refractivity contribution < 1.29 is 23.4 Å². The Bertz CT molecular complexity index is 1000. The lowest BCUT2D eigenvalue weighted by molar-refractivity contribution is 0.0601. The van der Waals surface area contributed by atoms with Crippen LogP contribution in [0.2, 0.25) is 0 Å². The SMILES string of the molecule is CCOCCOc1ccccc1-c1cc(=O)c2cc(C(=O)OC)ccc2o1. The molecule has 0 radical (unpaired) electrons. The highest BCUT2D eigenvalue weighted by atomic mass is 16.5. The van der Waals surface area contributed by atoms with Crippen LogP contribution >= 0.6 is 0 Å². The van der Waals surface area contributed by atoms with Gasteiger partial charge in [0.1, 0.15) is 23.7 Å². The van der Waals surface area contributed by atoms with Crippen LogP contribution in [0.1, 0.15) is 17.3 Å². The van der Waals surface area contributed by atoms with Gasteiger partial charge in [0.15, 0.2) is 5.43 Å². The zero-order valence-corrected chi connectivity index (χ0v) is 15.2. The summed E-state index contributed by atoms with van der Waals surface area (Å²) in [7, 11) is 1.29. The maximum Gasteiger partial charge on any atom is 0.337 e. The van der Waals surface area contributed by atoms with Crippen LogP contribution in [0.25, 0.3) is 22.3 Å². The van der Waals surface area contributed by atoms with Crippen LogP contribution in [0.4, 0.5) is 0 Å². The van der Waals surface area contributed by atoms with Crippen molar-refractivity contribution in [1.82, 2.24) is 0 Å². The predicted molar refractivity (Wildman–Crippen MR) is 101 cm³/mol. The lowest BCUT2D eigenvalue weighted by Gasteiger charge is -2.11. The maximum absolute atomic E-state index is 12.6. The summed E-state index contributed by atoms with van der Waals surface area (Å²) < 4.78 is 21.6. The smallest absolute Gasteiger partial charge is 0.337 e. The molecule has 0 amide bonds. The first kappa shape index (κ1) is 18.7. The van der Waals surface area contributed by atoms with E-state index in [2.05, 4.69) is 0 Å². The number of fused-ring (bicyclic) bond motifs is 1. The number of esters is 1. The molecule has 6 nitrogen and oxygen atoms in total. The highest BCUT2D eigenvalue weighted by Crippen LogP contribution is 2.31. The van der Waals surface area contributed by atoms with Crippen molar-refractivity contribution in [1.29, 1.82) is 0 Å². The third-order valence-corrected chi connectivity index (χ3v) is 3.99.